The van der Waals surface area contributed by atoms with Gasteiger partial charge in [-0.05, 0) is 43.5 Å². The van der Waals surface area contributed by atoms with Gasteiger partial charge in [-0.15, -0.1) is 0 Å². The van der Waals surface area contributed by atoms with Crippen LogP contribution in [-0.2, 0) is 4.79 Å². The van der Waals surface area contributed by atoms with Crippen LogP contribution in [-0.4, -0.2) is 53.9 Å². The van der Waals surface area contributed by atoms with Crippen LogP contribution in [0.1, 0.15) is 29.6 Å². The molecule has 29 heavy (non-hydrogen) atoms. The smallest absolute Gasteiger partial charge is 0.253 e. The molecule has 2 amide bonds. The van der Waals surface area contributed by atoms with E-state index in [0.717, 1.165) is 39.0 Å². The highest BCUT2D eigenvalue weighted by Gasteiger charge is 2.33. The van der Waals surface area contributed by atoms with E-state index in [9.17, 15) is 14.0 Å². The SMILES string of the molecule is O=C(N[C@@H]1CC[C@H](C(=O)N2CCNCC2)C1)c1ccc(-c2cccc(F)c2)nc1. The summed E-state index contributed by atoms with van der Waals surface area (Å²) in [5, 5.41) is 6.28. The number of pyridine rings is 1. The molecule has 4 rings (SSSR count). The Bertz CT molecular complexity index is 881. The second-order valence-electron chi connectivity index (χ2n) is 7.70. The maximum absolute atomic E-state index is 13.4. The lowest BCUT2D eigenvalue weighted by Gasteiger charge is -2.29. The fraction of sp³-hybridized carbons (Fsp3) is 0.409. The standard InChI is InChI=1S/C22H25FN4O2/c23-18-3-1-2-15(12-18)20-7-5-17(14-25-20)21(28)26-19-6-4-16(13-19)22(29)27-10-8-24-9-11-27/h1-3,5,7,12,14,16,19,24H,4,6,8-11,13H2,(H,26,28)/t16-,19+/m0/s1. The van der Waals surface area contributed by atoms with Crippen LogP contribution >= 0.6 is 0 Å². The van der Waals surface area contributed by atoms with Crippen LogP contribution in [0.5, 0.6) is 0 Å². The zero-order chi connectivity index (χ0) is 20.2. The monoisotopic (exact) mass is 396 g/mol. The lowest BCUT2D eigenvalue weighted by Crippen LogP contribution is -2.48. The van der Waals surface area contributed by atoms with Gasteiger partial charge in [-0.2, -0.15) is 0 Å². The first-order valence-electron chi connectivity index (χ1n) is 10.1. The number of nitrogens with one attached hydrogen (secondary N) is 2. The van der Waals surface area contributed by atoms with Crippen molar-refractivity contribution < 1.29 is 14.0 Å². The van der Waals surface area contributed by atoms with Gasteiger partial charge < -0.3 is 15.5 Å². The molecule has 0 spiro atoms. The van der Waals surface area contributed by atoms with Crippen molar-refractivity contribution in [1.29, 1.82) is 0 Å². The number of amides is 2. The van der Waals surface area contributed by atoms with Crippen molar-refractivity contribution in [2.24, 2.45) is 5.92 Å². The van der Waals surface area contributed by atoms with Crippen LogP contribution in [0, 0.1) is 11.7 Å². The van der Waals surface area contributed by atoms with E-state index < -0.39 is 0 Å². The number of hydrogen-bond donors (Lipinski definition) is 2. The summed E-state index contributed by atoms with van der Waals surface area (Å²) in [6, 6.07) is 9.62. The molecule has 0 unspecified atom stereocenters. The molecule has 2 atom stereocenters. The van der Waals surface area contributed by atoms with Crippen molar-refractivity contribution in [3.63, 3.8) is 0 Å². The first kappa shape index (κ1) is 19.5. The third-order valence-electron chi connectivity index (χ3n) is 5.69. The molecule has 1 saturated carbocycles. The van der Waals surface area contributed by atoms with Crippen molar-refractivity contribution in [2.45, 2.75) is 25.3 Å². The molecule has 152 valence electrons. The Kier molecular flexibility index (Phi) is 5.85. The molecule has 1 aliphatic carbocycles. The van der Waals surface area contributed by atoms with E-state index in [0.29, 0.717) is 23.2 Å². The van der Waals surface area contributed by atoms with Gasteiger partial charge in [0, 0.05) is 49.9 Å². The minimum Gasteiger partial charge on any atom is -0.349 e. The molecule has 2 heterocycles. The van der Waals surface area contributed by atoms with Crippen LogP contribution in [0.4, 0.5) is 4.39 Å². The maximum atomic E-state index is 13.4. The molecule has 7 heteroatoms. The van der Waals surface area contributed by atoms with Gasteiger partial charge in [0.15, 0.2) is 0 Å². The van der Waals surface area contributed by atoms with E-state index in [4.69, 9.17) is 0 Å². The molecule has 2 aliphatic rings. The van der Waals surface area contributed by atoms with Crippen molar-refractivity contribution >= 4 is 11.8 Å². The quantitative estimate of drug-likeness (QED) is 0.831. The lowest BCUT2D eigenvalue weighted by atomic mass is 10.1. The summed E-state index contributed by atoms with van der Waals surface area (Å²) in [6.45, 7) is 3.21. The molecule has 1 aliphatic heterocycles. The number of nitrogens with zero attached hydrogens (tertiary/aromatic N) is 2. The third-order valence-corrected chi connectivity index (χ3v) is 5.69. The Balaban J connectivity index is 1.33. The number of carbonyl (C=O) groups is 2. The summed E-state index contributed by atoms with van der Waals surface area (Å²) in [7, 11) is 0. The number of piperazine rings is 1. The van der Waals surface area contributed by atoms with Crippen LogP contribution < -0.4 is 10.6 Å². The van der Waals surface area contributed by atoms with Crippen molar-refractivity contribution in [1.82, 2.24) is 20.5 Å². The van der Waals surface area contributed by atoms with Gasteiger partial charge in [0.05, 0.1) is 11.3 Å². The van der Waals surface area contributed by atoms with Gasteiger partial charge in [0.25, 0.3) is 5.91 Å². The average Bonchev–Trinajstić information content (AvgIpc) is 3.22. The molecule has 2 fully saturated rings. The number of halogens is 1. The van der Waals surface area contributed by atoms with Gasteiger partial charge in [-0.25, -0.2) is 4.39 Å². The molecule has 1 aromatic carbocycles. The number of aromatic nitrogens is 1. The van der Waals surface area contributed by atoms with Gasteiger partial charge in [0.1, 0.15) is 5.82 Å². The lowest BCUT2D eigenvalue weighted by molar-refractivity contribution is -0.135. The summed E-state index contributed by atoms with van der Waals surface area (Å²) in [4.78, 5) is 31.4. The predicted octanol–water partition coefficient (Wildman–Crippen LogP) is 2.22. The van der Waals surface area contributed by atoms with Gasteiger partial charge >= 0.3 is 0 Å². The van der Waals surface area contributed by atoms with E-state index in [1.54, 1.807) is 24.3 Å². The van der Waals surface area contributed by atoms with Crippen LogP contribution in [0.15, 0.2) is 42.6 Å². The molecule has 2 aromatic rings. The molecule has 6 nitrogen and oxygen atoms in total. The summed E-state index contributed by atoms with van der Waals surface area (Å²) in [5.74, 6) is -0.308. The van der Waals surface area contributed by atoms with Gasteiger partial charge in [-0.1, -0.05) is 12.1 Å². The Morgan fingerprint density at radius 3 is 2.69 bits per heavy atom. The van der Waals surface area contributed by atoms with Crippen molar-refractivity contribution in [3.05, 3.63) is 54.0 Å². The van der Waals surface area contributed by atoms with Crippen LogP contribution in [0.25, 0.3) is 11.3 Å². The fourth-order valence-electron chi connectivity index (χ4n) is 4.10. The first-order chi connectivity index (χ1) is 14.1. The predicted molar refractivity (Wildman–Crippen MR) is 108 cm³/mol. The third kappa shape index (κ3) is 4.62. The highest BCUT2D eigenvalue weighted by molar-refractivity contribution is 5.94. The Morgan fingerprint density at radius 1 is 1.14 bits per heavy atom. The normalized spacial score (nSPS) is 21.8. The summed E-state index contributed by atoms with van der Waals surface area (Å²) >= 11 is 0. The van der Waals surface area contributed by atoms with Crippen LogP contribution in [0.2, 0.25) is 0 Å². The molecule has 1 aromatic heterocycles. The van der Waals surface area contributed by atoms with E-state index in [-0.39, 0.29) is 29.6 Å². The zero-order valence-electron chi connectivity index (χ0n) is 16.2. The number of rotatable bonds is 4. The highest BCUT2D eigenvalue weighted by Crippen LogP contribution is 2.28. The van der Waals surface area contributed by atoms with Crippen molar-refractivity contribution in [2.75, 3.05) is 26.2 Å². The highest BCUT2D eigenvalue weighted by atomic mass is 19.1. The summed E-state index contributed by atoms with van der Waals surface area (Å²) in [5.41, 5.74) is 1.74. The van der Waals surface area contributed by atoms with Crippen molar-refractivity contribution in [3.8, 4) is 11.3 Å². The van der Waals surface area contributed by atoms with E-state index in [1.807, 2.05) is 4.90 Å². The number of benzene rings is 1. The minimum atomic E-state index is -0.322. The summed E-state index contributed by atoms with van der Waals surface area (Å²) in [6.07, 6.45) is 3.81. The largest absolute Gasteiger partial charge is 0.349 e. The minimum absolute atomic E-state index is 0.00209. The average molecular weight is 396 g/mol. The van der Waals surface area contributed by atoms with Gasteiger partial charge in [-0.3, -0.25) is 14.6 Å². The molecule has 1 saturated heterocycles. The molecular weight excluding hydrogens is 371 g/mol. The first-order valence-corrected chi connectivity index (χ1v) is 10.1. The van der Waals surface area contributed by atoms with E-state index in [2.05, 4.69) is 15.6 Å². The Morgan fingerprint density at radius 2 is 1.97 bits per heavy atom. The summed E-state index contributed by atoms with van der Waals surface area (Å²) < 4.78 is 13.4. The Hall–Kier alpha value is -2.80. The molecule has 2 N–H and O–H groups in total. The number of carbonyl (C=O) groups excluding carboxylic acids is 2. The molecular formula is C22H25FN4O2. The number of hydrogen-bond acceptors (Lipinski definition) is 4. The topological polar surface area (TPSA) is 74.3 Å². The van der Waals surface area contributed by atoms with Gasteiger partial charge in [0.2, 0.25) is 5.91 Å². The van der Waals surface area contributed by atoms with E-state index >= 15 is 0 Å². The Labute approximate surface area is 169 Å². The second kappa shape index (κ2) is 8.69. The second-order valence-corrected chi connectivity index (χ2v) is 7.70. The van der Waals surface area contributed by atoms with Crippen LogP contribution in [0.3, 0.4) is 0 Å². The maximum Gasteiger partial charge on any atom is 0.253 e. The molecule has 0 bridgehead atoms. The fourth-order valence-corrected chi connectivity index (χ4v) is 4.10. The molecule has 0 radical (unpaired) electrons. The zero-order valence-corrected chi connectivity index (χ0v) is 16.2. The van der Waals surface area contributed by atoms with E-state index in [1.165, 1.54) is 18.3 Å².